The van der Waals surface area contributed by atoms with E-state index in [4.69, 9.17) is 24.5 Å². The fourth-order valence-electron chi connectivity index (χ4n) is 2.52. The number of methoxy groups -OCH3 is 1. The van der Waals surface area contributed by atoms with E-state index in [9.17, 15) is 0 Å². The summed E-state index contributed by atoms with van der Waals surface area (Å²) >= 11 is 0. The lowest BCUT2D eigenvalue weighted by Crippen LogP contribution is -2.41. The highest BCUT2D eigenvalue weighted by Gasteiger charge is 2.18. The van der Waals surface area contributed by atoms with E-state index in [0.29, 0.717) is 12.1 Å². The molecule has 1 heterocycles. The molecule has 1 aromatic carbocycles. The first-order valence-corrected chi connectivity index (χ1v) is 7.88. The van der Waals surface area contributed by atoms with Gasteiger partial charge < -0.3 is 25.2 Å². The fraction of sp³-hybridized carbons (Fsp3) is 0.529. The van der Waals surface area contributed by atoms with Crippen LogP contribution in [0.15, 0.2) is 24.3 Å². The van der Waals surface area contributed by atoms with Gasteiger partial charge in [-0.1, -0.05) is 12.1 Å². The molecule has 1 unspecified atom stereocenters. The normalized spacial score (nSPS) is 16.6. The molecule has 1 saturated heterocycles. The second-order valence-corrected chi connectivity index (χ2v) is 5.85. The van der Waals surface area contributed by atoms with Gasteiger partial charge >= 0.3 is 11.9 Å². The Morgan fingerprint density at radius 3 is 2.08 bits per heavy atom. The predicted molar refractivity (Wildman–Crippen MR) is 90.3 cm³/mol. The zero-order valence-corrected chi connectivity index (χ0v) is 14.4. The van der Waals surface area contributed by atoms with E-state index in [1.165, 1.54) is 31.5 Å². The molecule has 3 N–H and O–H groups in total. The van der Waals surface area contributed by atoms with Gasteiger partial charge in [0, 0.05) is 12.1 Å². The van der Waals surface area contributed by atoms with Gasteiger partial charge in [-0.25, -0.2) is 9.59 Å². The van der Waals surface area contributed by atoms with Crippen LogP contribution in [-0.4, -0.2) is 60.3 Å². The lowest BCUT2D eigenvalue weighted by atomic mass is 10.0. The van der Waals surface area contributed by atoms with Crippen LogP contribution in [0.4, 0.5) is 0 Å². The molecule has 1 aromatic rings. The molecule has 1 atom stereocenters. The third kappa shape index (κ3) is 6.97. The Hall–Kier alpha value is -2.12. The van der Waals surface area contributed by atoms with Crippen molar-refractivity contribution in [2.75, 3.05) is 27.2 Å². The summed E-state index contributed by atoms with van der Waals surface area (Å²) < 4.78 is 5.18. The summed E-state index contributed by atoms with van der Waals surface area (Å²) in [5.41, 5.74) is 1.33. The van der Waals surface area contributed by atoms with Crippen LogP contribution in [0.3, 0.4) is 0 Å². The quantitative estimate of drug-likeness (QED) is 0.717. The van der Waals surface area contributed by atoms with E-state index in [1.54, 1.807) is 7.11 Å². The average Bonchev–Trinajstić information content (AvgIpc) is 2.57. The second kappa shape index (κ2) is 9.89. The molecule has 0 aliphatic carbocycles. The summed E-state index contributed by atoms with van der Waals surface area (Å²) in [4.78, 5) is 20.6. The summed E-state index contributed by atoms with van der Waals surface area (Å²) in [5.74, 6) is -2.73. The second-order valence-electron chi connectivity index (χ2n) is 5.85. The summed E-state index contributed by atoms with van der Waals surface area (Å²) in [6.07, 6.45) is 2.49. The first kappa shape index (κ1) is 19.9. The molecule has 7 heteroatoms. The number of carboxylic acid groups (broad SMARTS) is 2. The minimum Gasteiger partial charge on any atom is -0.497 e. The van der Waals surface area contributed by atoms with Gasteiger partial charge in [0.25, 0.3) is 0 Å². The highest BCUT2D eigenvalue weighted by Crippen LogP contribution is 2.19. The number of hydrogen-bond acceptors (Lipinski definition) is 5. The summed E-state index contributed by atoms with van der Waals surface area (Å²) in [5, 5.41) is 18.5. The molecule has 134 valence electrons. The van der Waals surface area contributed by atoms with Gasteiger partial charge in [-0.2, -0.15) is 0 Å². The molecule has 0 bridgehead atoms. The number of carbonyl (C=O) groups is 2. The van der Waals surface area contributed by atoms with Crippen LogP contribution < -0.4 is 10.1 Å². The number of hydrogen-bond donors (Lipinski definition) is 3. The number of rotatable bonds is 4. The number of carboxylic acids is 2. The molecule has 1 aliphatic heterocycles. The standard InChI is InChI=1S/C15H24N2O.C2H2O4/c1-12(13-4-6-15(18-3)7-5-13)16-14-8-10-17(2)11-9-14;3-1(4)2(5)6/h4-7,12,14,16H,8-11H2,1-3H3;(H,3,4)(H,5,6). The highest BCUT2D eigenvalue weighted by atomic mass is 16.5. The van der Waals surface area contributed by atoms with Gasteiger partial charge in [-0.3, -0.25) is 0 Å². The van der Waals surface area contributed by atoms with Gasteiger partial charge in [0.15, 0.2) is 0 Å². The number of benzene rings is 1. The summed E-state index contributed by atoms with van der Waals surface area (Å²) in [6.45, 7) is 4.64. The van der Waals surface area contributed by atoms with Gasteiger partial charge in [0.1, 0.15) is 5.75 Å². The van der Waals surface area contributed by atoms with Crippen molar-refractivity contribution in [2.24, 2.45) is 0 Å². The summed E-state index contributed by atoms with van der Waals surface area (Å²) in [6, 6.07) is 9.41. The SMILES string of the molecule is COc1ccc(C(C)NC2CCN(C)CC2)cc1.O=C(O)C(=O)O. The van der Waals surface area contributed by atoms with Crippen molar-refractivity contribution < 1.29 is 24.5 Å². The Morgan fingerprint density at radius 1 is 1.17 bits per heavy atom. The molecular formula is C17H26N2O5. The third-order valence-electron chi connectivity index (χ3n) is 4.00. The van der Waals surface area contributed by atoms with Crippen molar-refractivity contribution in [3.63, 3.8) is 0 Å². The fourth-order valence-corrected chi connectivity index (χ4v) is 2.52. The molecular weight excluding hydrogens is 312 g/mol. The number of nitrogens with one attached hydrogen (secondary N) is 1. The first-order valence-electron chi connectivity index (χ1n) is 7.88. The van der Waals surface area contributed by atoms with Gasteiger partial charge in [0.2, 0.25) is 0 Å². The zero-order chi connectivity index (χ0) is 18.1. The van der Waals surface area contributed by atoms with E-state index < -0.39 is 11.9 Å². The largest absolute Gasteiger partial charge is 0.497 e. The predicted octanol–water partition coefficient (Wildman–Crippen LogP) is 1.60. The minimum atomic E-state index is -1.82. The van der Waals surface area contributed by atoms with E-state index in [0.717, 1.165) is 5.75 Å². The van der Waals surface area contributed by atoms with Crippen molar-refractivity contribution in [1.29, 1.82) is 0 Å². The maximum atomic E-state index is 9.10. The Bertz CT molecular complexity index is 512. The van der Waals surface area contributed by atoms with Crippen molar-refractivity contribution in [1.82, 2.24) is 10.2 Å². The maximum Gasteiger partial charge on any atom is 0.414 e. The lowest BCUT2D eigenvalue weighted by molar-refractivity contribution is -0.159. The van der Waals surface area contributed by atoms with E-state index in [2.05, 4.69) is 36.3 Å². The number of aliphatic carboxylic acids is 2. The lowest BCUT2D eigenvalue weighted by Gasteiger charge is -2.31. The van der Waals surface area contributed by atoms with Crippen molar-refractivity contribution in [2.45, 2.75) is 31.8 Å². The number of ether oxygens (including phenoxy) is 1. The van der Waals surface area contributed by atoms with Crippen LogP contribution in [0.25, 0.3) is 0 Å². The Kier molecular flexibility index (Phi) is 8.21. The van der Waals surface area contributed by atoms with Crippen LogP contribution in [0.2, 0.25) is 0 Å². The van der Waals surface area contributed by atoms with Gasteiger partial charge in [-0.15, -0.1) is 0 Å². The van der Waals surface area contributed by atoms with Gasteiger partial charge in [0.05, 0.1) is 7.11 Å². The molecule has 1 fully saturated rings. The first-order chi connectivity index (χ1) is 11.3. The van der Waals surface area contributed by atoms with Crippen molar-refractivity contribution in [3.05, 3.63) is 29.8 Å². The monoisotopic (exact) mass is 338 g/mol. The van der Waals surface area contributed by atoms with Crippen LogP contribution >= 0.6 is 0 Å². The zero-order valence-electron chi connectivity index (χ0n) is 14.4. The molecule has 24 heavy (non-hydrogen) atoms. The smallest absolute Gasteiger partial charge is 0.414 e. The maximum absolute atomic E-state index is 9.10. The van der Waals surface area contributed by atoms with E-state index in [-0.39, 0.29) is 0 Å². The van der Waals surface area contributed by atoms with Crippen LogP contribution in [0.1, 0.15) is 31.4 Å². The topological polar surface area (TPSA) is 99.1 Å². The molecule has 7 nitrogen and oxygen atoms in total. The average molecular weight is 338 g/mol. The van der Waals surface area contributed by atoms with E-state index >= 15 is 0 Å². The third-order valence-corrected chi connectivity index (χ3v) is 4.00. The van der Waals surface area contributed by atoms with E-state index in [1.807, 2.05) is 12.1 Å². The molecule has 2 rings (SSSR count). The summed E-state index contributed by atoms with van der Waals surface area (Å²) in [7, 11) is 3.90. The minimum absolute atomic E-state index is 0.407. The number of piperidine rings is 1. The molecule has 0 saturated carbocycles. The van der Waals surface area contributed by atoms with Gasteiger partial charge in [-0.05, 0) is 57.6 Å². The molecule has 0 amide bonds. The molecule has 0 spiro atoms. The Morgan fingerprint density at radius 2 is 1.67 bits per heavy atom. The van der Waals surface area contributed by atoms with Crippen LogP contribution in [0, 0.1) is 0 Å². The molecule has 1 aliphatic rings. The Labute approximate surface area is 142 Å². The number of likely N-dealkylation sites (tertiary alicyclic amines) is 1. The molecule has 0 radical (unpaired) electrons. The highest BCUT2D eigenvalue weighted by molar-refractivity contribution is 6.27. The van der Waals surface area contributed by atoms with Crippen molar-refractivity contribution >= 4 is 11.9 Å². The molecule has 0 aromatic heterocycles. The Balaban J connectivity index is 0.000000413. The van der Waals surface area contributed by atoms with Crippen LogP contribution in [-0.2, 0) is 9.59 Å². The van der Waals surface area contributed by atoms with Crippen molar-refractivity contribution in [3.8, 4) is 5.75 Å². The van der Waals surface area contributed by atoms with Crippen LogP contribution in [0.5, 0.6) is 5.75 Å². The number of nitrogens with zero attached hydrogens (tertiary/aromatic N) is 1.